The molecule has 3 rings (SSSR count). The number of halogens is 1. The zero-order valence-corrected chi connectivity index (χ0v) is 12.9. The van der Waals surface area contributed by atoms with Crippen LogP contribution < -0.4 is 4.90 Å². The molecule has 0 aliphatic carbocycles. The summed E-state index contributed by atoms with van der Waals surface area (Å²) in [5.74, 6) is -0.307. The molecule has 2 aliphatic heterocycles. The number of carbonyl (C=O) groups excluding carboxylic acids is 2. The lowest BCUT2D eigenvalue weighted by molar-refractivity contribution is -0.121. The number of ether oxygens (including phenoxy) is 1. The number of rotatable bonds is 2. The number of amides is 3. The monoisotopic (exact) mass is 319 g/mol. The quantitative estimate of drug-likeness (QED) is 0.782. The third-order valence-corrected chi connectivity index (χ3v) is 4.76. The standard InChI is InChI=1S/C15H14ClN3O3/c1-8-10(4-3-9(7-17)12(8)16)19-14(20)13-11(22-2)5-6-18(13)15(19)21/h3-4,11,13H,5-6H2,1-2H3/t11-,13+/m1/s1. The fourth-order valence-electron chi connectivity index (χ4n) is 3.10. The van der Waals surface area contributed by atoms with E-state index in [4.69, 9.17) is 21.6 Å². The molecule has 2 heterocycles. The van der Waals surface area contributed by atoms with E-state index >= 15 is 0 Å². The maximum Gasteiger partial charge on any atom is 0.332 e. The third kappa shape index (κ3) is 1.90. The van der Waals surface area contributed by atoms with Gasteiger partial charge in [-0.3, -0.25) is 4.79 Å². The van der Waals surface area contributed by atoms with Crippen LogP contribution in [0.4, 0.5) is 10.5 Å². The zero-order chi connectivity index (χ0) is 16.0. The van der Waals surface area contributed by atoms with Crippen molar-refractivity contribution >= 4 is 29.2 Å². The minimum absolute atomic E-state index is 0.260. The molecular formula is C15H14ClN3O3. The number of benzene rings is 1. The first kappa shape index (κ1) is 14.8. The van der Waals surface area contributed by atoms with Gasteiger partial charge >= 0.3 is 6.03 Å². The largest absolute Gasteiger partial charge is 0.379 e. The summed E-state index contributed by atoms with van der Waals surface area (Å²) in [6.45, 7) is 2.18. The maximum atomic E-state index is 12.7. The van der Waals surface area contributed by atoms with E-state index in [0.29, 0.717) is 29.8 Å². The van der Waals surface area contributed by atoms with Crippen LogP contribution in [0.5, 0.6) is 0 Å². The number of carbonyl (C=O) groups is 2. The third-order valence-electron chi connectivity index (χ3n) is 4.27. The van der Waals surface area contributed by atoms with Gasteiger partial charge < -0.3 is 9.64 Å². The Kier molecular flexibility index (Phi) is 3.55. The fraction of sp³-hybridized carbons (Fsp3) is 0.400. The summed E-state index contributed by atoms with van der Waals surface area (Å²) in [6, 6.07) is 4.14. The van der Waals surface area contributed by atoms with Gasteiger partial charge in [-0.15, -0.1) is 0 Å². The summed E-state index contributed by atoms with van der Waals surface area (Å²) in [5.41, 5.74) is 1.28. The Morgan fingerprint density at radius 1 is 1.41 bits per heavy atom. The molecule has 6 nitrogen and oxygen atoms in total. The molecule has 114 valence electrons. The number of nitriles is 1. The lowest BCUT2D eigenvalue weighted by Crippen LogP contribution is -2.37. The molecule has 0 spiro atoms. The molecule has 0 radical (unpaired) electrons. The molecule has 1 aromatic carbocycles. The number of nitrogens with zero attached hydrogens (tertiary/aromatic N) is 3. The molecule has 0 saturated carbocycles. The van der Waals surface area contributed by atoms with Crippen molar-refractivity contribution in [2.45, 2.75) is 25.5 Å². The van der Waals surface area contributed by atoms with Crippen molar-refractivity contribution in [3.8, 4) is 6.07 Å². The van der Waals surface area contributed by atoms with E-state index in [1.165, 1.54) is 11.0 Å². The second-order valence-electron chi connectivity index (χ2n) is 5.34. The predicted octanol–water partition coefficient (Wildman–Crippen LogP) is 2.08. The number of hydrogen-bond donors (Lipinski definition) is 0. The molecular weight excluding hydrogens is 306 g/mol. The Labute approximate surface area is 132 Å². The lowest BCUT2D eigenvalue weighted by Gasteiger charge is -2.19. The van der Waals surface area contributed by atoms with Crippen molar-refractivity contribution in [1.82, 2.24) is 4.90 Å². The van der Waals surface area contributed by atoms with E-state index < -0.39 is 6.04 Å². The molecule has 2 fully saturated rings. The second kappa shape index (κ2) is 5.27. The minimum Gasteiger partial charge on any atom is -0.379 e. The van der Waals surface area contributed by atoms with Crippen molar-refractivity contribution in [2.24, 2.45) is 0 Å². The smallest absolute Gasteiger partial charge is 0.332 e. The average molecular weight is 320 g/mol. The van der Waals surface area contributed by atoms with E-state index in [0.717, 1.165) is 4.90 Å². The van der Waals surface area contributed by atoms with Gasteiger partial charge in [-0.2, -0.15) is 5.26 Å². The molecule has 2 atom stereocenters. The molecule has 2 aliphatic rings. The molecule has 22 heavy (non-hydrogen) atoms. The zero-order valence-electron chi connectivity index (χ0n) is 12.2. The number of hydrogen-bond acceptors (Lipinski definition) is 4. The van der Waals surface area contributed by atoms with Gasteiger partial charge in [0.15, 0.2) is 0 Å². The van der Waals surface area contributed by atoms with Crippen LogP contribution in [0.2, 0.25) is 5.02 Å². The first-order chi connectivity index (χ1) is 10.5. The Bertz CT molecular complexity index is 713. The summed E-state index contributed by atoms with van der Waals surface area (Å²) in [7, 11) is 1.54. The second-order valence-corrected chi connectivity index (χ2v) is 5.72. The number of anilines is 1. The first-order valence-electron chi connectivity index (χ1n) is 6.87. The summed E-state index contributed by atoms with van der Waals surface area (Å²) in [4.78, 5) is 27.9. The summed E-state index contributed by atoms with van der Waals surface area (Å²) < 4.78 is 5.31. The summed E-state index contributed by atoms with van der Waals surface area (Å²) in [6.07, 6.45) is 0.371. The SMILES string of the molecule is CO[C@@H]1CCN2C(=O)N(c3ccc(C#N)c(Cl)c3C)C(=O)[C@H]12. The lowest BCUT2D eigenvalue weighted by atomic mass is 10.1. The van der Waals surface area contributed by atoms with Crippen molar-refractivity contribution in [1.29, 1.82) is 5.26 Å². The van der Waals surface area contributed by atoms with Gasteiger partial charge in [0.1, 0.15) is 12.1 Å². The molecule has 0 N–H and O–H groups in total. The maximum absolute atomic E-state index is 12.7. The number of methoxy groups -OCH3 is 1. The predicted molar refractivity (Wildman–Crippen MR) is 79.7 cm³/mol. The van der Waals surface area contributed by atoms with Gasteiger partial charge in [-0.05, 0) is 31.0 Å². The van der Waals surface area contributed by atoms with Crippen LogP contribution in [0, 0.1) is 18.3 Å². The molecule has 3 amide bonds. The van der Waals surface area contributed by atoms with Crippen LogP contribution in [0.1, 0.15) is 17.5 Å². The highest BCUT2D eigenvalue weighted by Gasteiger charge is 2.53. The minimum atomic E-state index is -0.577. The summed E-state index contributed by atoms with van der Waals surface area (Å²) in [5, 5.41) is 9.25. The normalized spacial score (nSPS) is 23.9. The van der Waals surface area contributed by atoms with E-state index in [2.05, 4.69) is 0 Å². The Morgan fingerprint density at radius 2 is 2.14 bits per heavy atom. The van der Waals surface area contributed by atoms with Gasteiger partial charge in [0.25, 0.3) is 5.91 Å². The van der Waals surface area contributed by atoms with Crippen molar-refractivity contribution in [3.05, 3.63) is 28.3 Å². The van der Waals surface area contributed by atoms with Gasteiger partial charge in [0.2, 0.25) is 0 Å². The molecule has 0 bridgehead atoms. The van der Waals surface area contributed by atoms with Crippen LogP contribution >= 0.6 is 11.6 Å². The fourth-order valence-corrected chi connectivity index (χ4v) is 3.30. The van der Waals surface area contributed by atoms with E-state index in [9.17, 15) is 9.59 Å². The highest BCUT2D eigenvalue weighted by molar-refractivity contribution is 6.33. The highest BCUT2D eigenvalue weighted by atomic mass is 35.5. The Hall–Kier alpha value is -2.10. The van der Waals surface area contributed by atoms with Crippen LogP contribution in [0.25, 0.3) is 0 Å². The van der Waals surface area contributed by atoms with Crippen LogP contribution in [-0.4, -0.2) is 42.6 Å². The number of urea groups is 1. The Morgan fingerprint density at radius 3 is 2.77 bits per heavy atom. The number of fused-ring (bicyclic) bond motifs is 1. The van der Waals surface area contributed by atoms with Crippen molar-refractivity contribution in [3.63, 3.8) is 0 Å². The topological polar surface area (TPSA) is 73.6 Å². The van der Waals surface area contributed by atoms with Crippen LogP contribution in [0.3, 0.4) is 0 Å². The van der Waals surface area contributed by atoms with E-state index in [1.54, 1.807) is 20.1 Å². The van der Waals surface area contributed by atoms with Gasteiger partial charge in [0.05, 0.1) is 22.4 Å². The first-order valence-corrected chi connectivity index (χ1v) is 7.25. The molecule has 0 unspecified atom stereocenters. The van der Waals surface area contributed by atoms with Crippen LogP contribution in [-0.2, 0) is 9.53 Å². The molecule has 2 saturated heterocycles. The van der Waals surface area contributed by atoms with Gasteiger partial charge in [-0.1, -0.05) is 11.6 Å². The van der Waals surface area contributed by atoms with Crippen molar-refractivity contribution in [2.75, 3.05) is 18.6 Å². The molecule has 1 aromatic rings. The van der Waals surface area contributed by atoms with Gasteiger partial charge in [0, 0.05) is 13.7 Å². The Balaban J connectivity index is 2.04. The van der Waals surface area contributed by atoms with Gasteiger partial charge in [-0.25, -0.2) is 9.69 Å². The average Bonchev–Trinajstić information content (AvgIpc) is 3.04. The van der Waals surface area contributed by atoms with E-state index in [1.807, 2.05) is 6.07 Å². The van der Waals surface area contributed by atoms with Crippen LogP contribution in [0.15, 0.2) is 12.1 Å². The number of imide groups is 1. The summed E-state index contributed by atoms with van der Waals surface area (Å²) >= 11 is 6.14. The van der Waals surface area contributed by atoms with Crippen molar-refractivity contribution < 1.29 is 14.3 Å². The molecule has 0 aromatic heterocycles. The molecule has 7 heteroatoms. The highest BCUT2D eigenvalue weighted by Crippen LogP contribution is 2.36. The van der Waals surface area contributed by atoms with E-state index in [-0.39, 0.29) is 23.1 Å².